The second-order valence-corrected chi connectivity index (χ2v) is 9.46. The fraction of sp³-hybridized carbons (Fsp3) is 0.708. The molecule has 0 heterocycles. The van der Waals surface area contributed by atoms with Gasteiger partial charge in [-0.3, -0.25) is 4.79 Å². The van der Waals surface area contributed by atoms with Gasteiger partial charge in [0, 0.05) is 0 Å². The molecule has 0 aliphatic heterocycles. The average molecular weight is 389 g/mol. The van der Waals surface area contributed by atoms with Gasteiger partial charge in [0.15, 0.2) is 0 Å². The number of benzene rings is 1. The summed E-state index contributed by atoms with van der Waals surface area (Å²) in [6.45, 7) is 9.86. The zero-order chi connectivity index (χ0) is 20.4. The molecule has 1 saturated carbocycles. The van der Waals surface area contributed by atoms with Gasteiger partial charge in [0.05, 0.1) is 25.2 Å². The maximum Gasteiger partial charge on any atom is 0.311 e. The van der Waals surface area contributed by atoms with E-state index in [1.54, 1.807) is 0 Å². The Balaban J connectivity index is 1.68. The normalized spacial score (nSPS) is 29.3. The minimum Gasteiger partial charge on any atom is -0.463 e. The first-order valence-corrected chi connectivity index (χ1v) is 10.8. The largest absolute Gasteiger partial charge is 0.463 e. The Labute approximate surface area is 169 Å². The van der Waals surface area contributed by atoms with Gasteiger partial charge in [-0.25, -0.2) is 0 Å². The van der Waals surface area contributed by atoms with E-state index in [4.69, 9.17) is 14.6 Å². The standard InChI is InChI=1S/C24H36O4/c1-17(2)18-6-8-21-19(15-18)5-7-20-16-23(3,9-10-24(20,21)4)22(26)28-14-13-27-12-11-25/h6,8,15,17,20,25H,5,7,9-14,16H2,1-4H3. The molecule has 1 aromatic rings. The summed E-state index contributed by atoms with van der Waals surface area (Å²) in [6.07, 6.45) is 5.04. The molecule has 0 bridgehead atoms. The van der Waals surface area contributed by atoms with Gasteiger partial charge in [0.2, 0.25) is 0 Å². The molecule has 1 fully saturated rings. The molecule has 0 aromatic heterocycles. The van der Waals surface area contributed by atoms with Crippen molar-refractivity contribution in [2.75, 3.05) is 26.4 Å². The minimum absolute atomic E-state index is 0.00788. The van der Waals surface area contributed by atoms with Crippen molar-refractivity contribution in [3.05, 3.63) is 34.9 Å². The van der Waals surface area contributed by atoms with Crippen molar-refractivity contribution in [2.24, 2.45) is 11.3 Å². The van der Waals surface area contributed by atoms with Crippen LogP contribution in [0.1, 0.15) is 76.0 Å². The number of fused-ring (bicyclic) bond motifs is 3. The Kier molecular flexibility index (Phi) is 6.51. The third-order valence-electron chi connectivity index (χ3n) is 7.16. The first-order valence-electron chi connectivity index (χ1n) is 10.8. The van der Waals surface area contributed by atoms with Crippen LogP contribution >= 0.6 is 0 Å². The second kappa shape index (κ2) is 8.54. The lowest BCUT2D eigenvalue weighted by atomic mass is 9.53. The monoisotopic (exact) mass is 388 g/mol. The molecule has 1 aromatic carbocycles. The fourth-order valence-corrected chi connectivity index (χ4v) is 5.17. The van der Waals surface area contributed by atoms with Crippen molar-refractivity contribution in [2.45, 2.75) is 71.1 Å². The first-order chi connectivity index (χ1) is 13.3. The van der Waals surface area contributed by atoms with Crippen LogP contribution in [0.5, 0.6) is 0 Å². The van der Waals surface area contributed by atoms with Gasteiger partial charge in [0.25, 0.3) is 0 Å². The highest BCUT2D eigenvalue weighted by Crippen LogP contribution is 2.55. The van der Waals surface area contributed by atoms with Crippen LogP contribution in [0.3, 0.4) is 0 Å². The number of aryl methyl sites for hydroxylation is 1. The Morgan fingerprint density at radius 3 is 2.71 bits per heavy atom. The molecule has 156 valence electrons. The minimum atomic E-state index is -0.406. The smallest absolute Gasteiger partial charge is 0.311 e. The summed E-state index contributed by atoms with van der Waals surface area (Å²) in [6, 6.07) is 7.07. The van der Waals surface area contributed by atoms with Crippen molar-refractivity contribution in [1.29, 1.82) is 0 Å². The summed E-state index contributed by atoms with van der Waals surface area (Å²) in [7, 11) is 0. The molecule has 0 spiro atoms. The quantitative estimate of drug-likeness (QED) is 0.557. The molecule has 0 amide bonds. The van der Waals surface area contributed by atoms with E-state index < -0.39 is 5.41 Å². The second-order valence-electron chi connectivity index (χ2n) is 9.46. The zero-order valence-electron chi connectivity index (χ0n) is 17.9. The predicted molar refractivity (Wildman–Crippen MR) is 111 cm³/mol. The molecule has 3 rings (SSSR count). The van der Waals surface area contributed by atoms with Crippen LogP contribution in [0.4, 0.5) is 0 Å². The van der Waals surface area contributed by atoms with E-state index in [1.165, 1.54) is 16.7 Å². The van der Waals surface area contributed by atoms with Crippen LogP contribution in [0.25, 0.3) is 0 Å². The van der Waals surface area contributed by atoms with Crippen molar-refractivity contribution in [1.82, 2.24) is 0 Å². The highest BCUT2D eigenvalue weighted by Gasteiger charge is 2.51. The van der Waals surface area contributed by atoms with Gasteiger partial charge in [0.1, 0.15) is 6.61 Å². The third kappa shape index (κ3) is 4.13. The van der Waals surface area contributed by atoms with Gasteiger partial charge >= 0.3 is 5.97 Å². The number of rotatable bonds is 7. The number of aliphatic hydroxyl groups excluding tert-OH is 1. The number of aliphatic hydroxyl groups is 1. The molecular weight excluding hydrogens is 352 g/mol. The Bertz CT molecular complexity index is 698. The summed E-state index contributed by atoms with van der Waals surface area (Å²) in [5, 5.41) is 8.73. The van der Waals surface area contributed by atoms with E-state index >= 15 is 0 Å². The van der Waals surface area contributed by atoms with Crippen molar-refractivity contribution < 1.29 is 19.4 Å². The van der Waals surface area contributed by atoms with Gasteiger partial charge in [-0.15, -0.1) is 0 Å². The number of carbonyl (C=O) groups excluding carboxylic acids is 1. The van der Waals surface area contributed by atoms with Crippen LogP contribution in [0, 0.1) is 11.3 Å². The highest BCUT2D eigenvalue weighted by atomic mass is 16.6. The van der Waals surface area contributed by atoms with Crippen LogP contribution in [0.15, 0.2) is 18.2 Å². The van der Waals surface area contributed by atoms with Crippen molar-refractivity contribution >= 4 is 5.97 Å². The third-order valence-corrected chi connectivity index (χ3v) is 7.16. The van der Waals surface area contributed by atoms with Crippen molar-refractivity contribution in [3.8, 4) is 0 Å². The lowest BCUT2D eigenvalue weighted by Crippen LogP contribution is -2.47. The van der Waals surface area contributed by atoms with E-state index in [1.807, 2.05) is 0 Å². The lowest BCUT2D eigenvalue weighted by molar-refractivity contribution is -0.161. The van der Waals surface area contributed by atoms with Gasteiger partial charge in [-0.2, -0.15) is 0 Å². The van der Waals surface area contributed by atoms with E-state index in [-0.39, 0.29) is 31.2 Å². The van der Waals surface area contributed by atoms with Gasteiger partial charge in [-0.1, -0.05) is 39.0 Å². The maximum absolute atomic E-state index is 12.8. The summed E-state index contributed by atoms with van der Waals surface area (Å²) in [5.41, 5.74) is 4.19. The van der Waals surface area contributed by atoms with Crippen molar-refractivity contribution in [3.63, 3.8) is 0 Å². The Morgan fingerprint density at radius 2 is 2.00 bits per heavy atom. The number of carbonyl (C=O) groups is 1. The Hall–Kier alpha value is -1.39. The molecule has 4 nitrogen and oxygen atoms in total. The number of esters is 1. The number of ether oxygens (including phenoxy) is 2. The number of hydrogen-bond donors (Lipinski definition) is 1. The molecule has 3 unspecified atom stereocenters. The average Bonchev–Trinajstić information content (AvgIpc) is 2.68. The van der Waals surface area contributed by atoms with Crippen LogP contribution < -0.4 is 0 Å². The molecule has 2 aliphatic carbocycles. The molecule has 3 atom stereocenters. The number of hydrogen-bond acceptors (Lipinski definition) is 4. The molecule has 4 heteroatoms. The Morgan fingerprint density at radius 1 is 1.21 bits per heavy atom. The SMILES string of the molecule is CC(C)c1ccc2c(c1)CCC1CC(C)(C(=O)OCCOCCO)CCC21C. The van der Waals surface area contributed by atoms with E-state index in [0.29, 0.717) is 18.4 Å². The topological polar surface area (TPSA) is 55.8 Å². The fourth-order valence-electron chi connectivity index (χ4n) is 5.17. The molecular formula is C24H36O4. The van der Waals surface area contributed by atoms with Gasteiger partial charge < -0.3 is 14.6 Å². The molecule has 0 radical (unpaired) electrons. The lowest BCUT2D eigenvalue weighted by Gasteiger charge is -2.51. The van der Waals surface area contributed by atoms with E-state index in [9.17, 15) is 4.79 Å². The van der Waals surface area contributed by atoms with Gasteiger partial charge in [-0.05, 0) is 73.0 Å². The summed E-state index contributed by atoms with van der Waals surface area (Å²) >= 11 is 0. The summed E-state index contributed by atoms with van der Waals surface area (Å²) in [5.74, 6) is 0.978. The maximum atomic E-state index is 12.8. The van der Waals surface area contributed by atoms with E-state index in [0.717, 1.165) is 32.1 Å². The molecule has 2 aliphatic rings. The highest BCUT2D eigenvalue weighted by molar-refractivity contribution is 5.76. The first kappa shape index (κ1) is 21.3. The van der Waals surface area contributed by atoms with E-state index in [2.05, 4.69) is 45.9 Å². The summed E-state index contributed by atoms with van der Waals surface area (Å²) < 4.78 is 10.7. The van der Waals surface area contributed by atoms with Crippen LogP contribution in [0.2, 0.25) is 0 Å². The summed E-state index contributed by atoms with van der Waals surface area (Å²) in [4.78, 5) is 12.8. The molecule has 1 N–H and O–H groups in total. The molecule has 28 heavy (non-hydrogen) atoms. The molecule has 0 saturated heterocycles. The van der Waals surface area contributed by atoms with Crippen LogP contribution in [-0.2, 0) is 26.1 Å². The van der Waals surface area contributed by atoms with Crippen LogP contribution in [-0.4, -0.2) is 37.5 Å². The predicted octanol–water partition coefficient (Wildman–Crippen LogP) is 4.37. The zero-order valence-corrected chi connectivity index (χ0v) is 17.9.